The lowest BCUT2D eigenvalue weighted by Crippen LogP contribution is -2.32. The molecule has 0 aromatic heterocycles. The summed E-state index contributed by atoms with van der Waals surface area (Å²) < 4.78 is 2.76. The van der Waals surface area contributed by atoms with Gasteiger partial charge in [0, 0.05) is 39.0 Å². The van der Waals surface area contributed by atoms with E-state index in [9.17, 15) is 0 Å². The Balaban J connectivity index is 3.36. The van der Waals surface area contributed by atoms with Gasteiger partial charge < -0.3 is 9.80 Å². The van der Waals surface area contributed by atoms with Gasteiger partial charge in [0.15, 0.2) is 0 Å². The lowest BCUT2D eigenvalue weighted by Gasteiger charge is -2.23. The third kappa shape index (κ3) is 9.02. The number of hydrogen-bond acceptors (Lipinski definition) is 2. The molecule has 0 N–H and O–H groups in total. The Morgan fingerprint density at radius 1 is 0.467 bits per heavy atom. The maximum atomic E-state index is 2.76. The predicted molar refractivity (Wildman–Crippen MR) is 138 cm³/mol. The molecular weight excluding hydrogens is 366 g/mol. The Kier molecular flexibility index (Phi) is 15.0. The largest absolute Gasteiger partial charge is 0.364 e. The Hall–Kier alpha value is -0.990. The summed E-state index contributed by atoms with van der Waals surface area (Å²) in [6.45, 7) is 21.3. The minimum Gasteiger partial charge on any atom is -0.364 e. The summed E-state index contributed by atoms with van der Waals surface area (Å²) in [6.07, 6.45) is 15.5. The molecule has 0 aliphatic heterocycles. The molecule has 0 aliphatic carbocycles. The predicted octanol–water partition coefficient (Wildman–Crippen LogP) is 6.75. The molecule has 176 valence electrons. The first-order valence-electron chi connectivity index (χ1n) is 13.6. The molecule has 0 saturated carbocycles. The van der Waals surface area contributed by atoms with Gasteiger partial charge in [-0.3, -0.25) is 0 Å². The Bertz CT molecular complexity index is 492. The molecule has 0 amide bonds. The first-order chi connectivity index (χ1) is 14.7. The summed E-state index contributed by atoms with van der Waals surface area (Å²) in [4.78, 5) is 5.51. The summed E-state index contributed by atoms with van der Waals surface area (Å²) in [5.74, 6) is 0. The highest BCUT2D eigenvalue weighted by Crippen LogP contribution is 2.34. The van der Waals surface area contributed by atoms with Gasteiger partial charge in [-0.2, -0.15) is 0 Å². The van der Waals surface area contributed by atoms with E-state index in [0.29, 0.717) is 0 Å². The second-order valence-corrected chi connectivity index (χ2v) is 9.13. The highest BCUT2D eigenvalue weighted by molar-refractivity contribution is 5.85. The molecular formula is C27H54N3+. The van der Waals surface area contributed by atoms with Crippen LogP contribution in [0.1, 0.15) is 119 Å². The highest BCUT2D eigenvalue weighted by atomic mass is 15.3. The summed E-state index contributed by atoms with van der Waals surface area (Å²) in [7, 11) is 0. The van der Waals surface area contributed by atoms with Crippen molar-refractivity contribution in [1.82, 2.24) is 4.58 Å². The third-order valence-electron chi connectivity index (χ3n) is 6.25. The lowest BCUT2D eigenvalue weighted by molar-refractivity contribution is 0.529. The van der Waals surface area contributed by atoms with Crippen molar-refractivity contribution in [2.24, 2.45) is 0 Å². The molecule has 30 heavy (non-hydrogen) atoms. The highest BCUT2D eigenvalue weighted by Gasteiger charge is 2.36. The smallest absolute Gasteiger partial charge is 0.252 e. The molecule has 0 bridgehead atoms. The maximum absolute atomic E-state index is 2.76. The normalized spacial score (nSPS) is 11.4. The number of anilines is 2. The van der Waals surface area contributed by atoms with Crippen molar-refractivity contribution in [3.05, 3.63) is 5.36 Å². The summed E-state index contributed by atoms with van der Waals surface area (Å²) in [5, 5.41) is 1.62. The van der Waals surface area contributed by atoms with Crippen LogP contribution >= 0.6 is 0 Å². The first-order valence-corrected chi connectivity index (χ1v) is 13.6. The molecule has 0 aliphatic rings. The fourth-order valence-electron chi connectivity index (χ4n) is 4.16. The van der Waals surface area contributed by atoms with Crippen molar-refractivity contribution in [2.45, 2.75) is 119 Å². The van der Waals surface area contributed by atoms with E-state index in [-0.39, 0.29) is 0 Å². The Labute approximate surface area is 189 Å². The van der Waals surface area contributed by atoms with E-state index in [0.717, 1.165) is 0 Å². The number of nitrogens with zero attached hydrogens (tertiary/aromatic N) is 3. The SMILES string of the molecule is CCCCN(CCCC)c1c(N(CCCC)CCCC)c1=[N+](CCCC)CCCC. The van der Waals surface area contributed by atoms with Gasteiger partial charge in [0.2, 0.25) is 0 Å². The van der Waals surface area contributed by atoms with E-state index < -0.39 is 0 Å². The Morgan fingerprint density at radius 3 is 1.03 bits per heavy atom. The maximum Gasteiger partial charge on any atom is 0.252 e. The van der Waals surface area contributed by atoms with Gasteiger partial charge in [-0.15, -0.1) is 0 Å². The van der Waals surface area contributed by atoms with E-state index in [1.807, 2.05) is 0 Å². The second-order valence-electron chi connectivity index (χ2n) is 9.13. The number of unbranched alkanes of at least 4 members (excludes halogenated alkanes) is 6. The van der Waals surface area contributed by atoms with E-state index >= 15 is 0 Å². The van der Waals surface area contributed by atoms with Crippen molar-refractivity contribution in [3.63, 3.8) is 0 Å². The van der Waals surface area contributed by atoms with E-state index in [1.54, 1.807) is 16.7 Å². The molecule has 0 radical (unpaired) electrons. The van der Waals surface area contributed by atoms with Crippen LogP contribution in [-0.4, -0.2) is 39.3 Å². The average molecular weight is 421 g/mol. The van der Waals surface area contributed by atoms with Crippen LogP contribution in [0.2, 0.25) is 0 Å². The minimum atomic E-state index is 1.23. The van der Waals surface area contributed by atoms with Crippen LogP contribution in [0.25, 0.3) is 0 Å². The van der Waals surface area contributed by atoms with Gasteiger partial charge in [0.25, 0.3) is 5.36 Å². The van der Waals surface area contributed by atoms with Crippen molar-refractivity contribution < 1.29 is 0 Å². The second kappa shape index (κ2) is 16.7. The van der Waals surface area contributed by atoms with E-state index in [1.165, 1.54) is 116 Å². The molecule has 1 rings (SSSR count). The topological polar surface area (TPSA) is 9.49 Å². The van der Waals surface area contributed by atoms with Crippen molar-refractivity contribution >= 4 is 11.4 Å². The van der Waals surface area contributed by atoms with E-state index in [4.69, 9.17) is 0 Å². The zero-order valence-electron chi connectivity index (χ0n) is 21.6. The van der Waals surface area contributed by atoms with Gasteiger partial charge in [0.1, 0.15) is 24.5 Å². The molecule has 0 fully saturated rings. The van der Waals surface area contributed by atoms with E-state index in [2.05, 4.69) is 55.9 Å². The molecule has 1 aromatic carbocycles. The van der Waals surface area contributed by atoms with Crippen molar-refractivity contribution in [3.8, 4) is 0 Å². The van der Waals surface area contributed by atoms with Gasteiger partial charge >= 0.3 is 0 Å². The van der Waals surface area contributed by atoms with Crippen LogP contribution in [0.4, 0.5) is 11.4 Å². The molecule has 0 unspecified atom stereocenters. The van der Waals surface area contributed by atoms with Gasteiger partial charge in [-0.1, -0.05) is 80.1 Å². The molecule has 1 aromatic rings. The van der Waals surface area contributed by atoms with Gasteiger partial charge in [0.05, 0.1) is 0 Å². The molecule has 3 heteroatoms. The van der Waals surface area contributed by atoms with Crippen molar-refractivity contribution in [2.75, 3.05) is 49.1 Å². The quantitative estimate of drug-likeness (QED) is 0.216. The molecule has 0 saturated heterocycles. The minimum absolute atomic E-state index is 1.23. The van der Waals surface area contributed by atoms with Gasteiger partial charge in [-0.25, -0.2) is 4.58 Å². The third-order valence-corrected chi connectivity index (χ3v) is 6.25. The lowest BCUT2D eigenvalue weighted by atomic mass is 10.2. The number of rotatable bonds is 20. The van der Waals surface area contributed by atoms with Crippen LogP contribution in [-0.2, 0) is 0 Å². The summed E-state index contributed by atoms with van der Waals surface area (Å²) in [5.41, 5.74) is 3.24. The van der Waals surface area contributed by atoms with Crippen LogP contribution in [0.15, 0.2) is 0 Å². The average Bonchev–Trinajstić information content (AvgIpc) is 3.49. The fourth-order valence-corrected chi connectivity index (χ4v) is 4.16. The monoisotopic (exact) mass is 420 g/mol. The summed E-state index contributed by atoms with van der Waals surface area (Å²) in [6, 6.07) is 0. The summed E-state index contributed by atoms with van der Waals surface area (Å²) >= 11 is 0. The standard InChI is InChI=1S/C27H54N3/c1-7-13-19-28(20-14-8-2)25-26(29(21-15-9-3)22-16-10-4)27(25)30(23-17-11-5)24-18-12-6/h7-24H2,1-6H3/q+1. The van der Waals surface area contributed by atoms with Crippen LogP contribution in [0.5, 0.6) is 0 Å². The van der Waals surface area contributed by atoms with Crippen molar-refractivity contribution in [1.29, 1.82) is 0 Å². The molecule has 0 spiro atoms. The fraction of sp³-hybridized carbons (Fsp3) is 0.889. The zero-order valence-corrected chi connectivity index (χ0v) is 21.6. The number of hydrogen-bond donors (Lipinski definition) is 0. The molecule has 3 nitrogen and oxygen atoms in total. The van der Waals surface area contributed by atoms with Crippen LogP contribution < -0.4 is 19.7 Å². The van der Waals surface area contributed by atoms with Crippen LogP contribution in [0, 0.1) is 0 Å². The Morgan fingerprint density at radius 2 is 0.767 bits per heavy atom. The van der Waals surface area contributed by atoms with Gasteiger partial charge in [-0.05, 0) is 25.7 Å². The first kappa shape index (κ1) is 27.0. The molecule has 0 heterocycles. The molecule has 0 atom stereocenters. The van der Waals surface area contributed by atoms with Crippen LogP contribution in [0.3, 0.4) is 0 Å². The zero-order chi connectivity index (χ0) is 22.2.